The molecule has 0 aromatic heterocycles. The molecule has 0 atom stereocenters. The molecule has 6 nitrogen and oxygen atoms in total. The third-order valence-electron chi connectivity index (χ3n) is 4.04. The first-order chi connectivity index (χ1) is 11.9. The maximum Gasteiger partial charge on any atom is 0.277 e. The Morgan fingerprint density at radius 2 is 1.76 bits per heavy atom. The van der Waals surface area contributed by atoms with Crippen molar-refractivity contribution < 1.29 is 13.2 Å². The molecule has 3 rings (SSSR count). The lowest BCUT2D eigenvalue weighted by atomic mass is 10.1. The average Bonchev–Trinajstić information content (AvgIpc) is 2.85. The molecule has 1 amide bonds. The van der Waals surface area contributed by atoms with Gasteiger partial charge in [0.05, 0.1) is 16.3 Å². The van der Waals surface area contributed by atoms with Crippen LogP contribution in [0.25, 0.3) is 0 Å². The Labute approximate surface area is 147 Å². The standard InChI is InChI=1S/C18H19N3O3S/c1-2-3-12-21-16-7-5-4-6-15(16)17(18(21)22)20-13-8-10-14(11-9-13)25(19,23)24/h4-11H,2-3,12H2,1H3,(H2,19,23,24). The van der Waals surface area contributed by atoms with Gasteiger partial charge in [-0.2, -0.15) is 0 Å². The van der Waals surface area contributed by atoms with E-state index >= 15 is 0 Å². The van der Waals surface area contributed by atoms with Crippen LogP contribution in [-0.4, -0.2) is 26.6 Å². The van der Waals surface area contributed by atoms with Crippen molar-refractivity contribution in [2.75, 3.05) is 11.4 Å². The highest BCUT2D eigenvalue weighted by atomic mass is 32.2. The highest BCUT2D eigenvalue weighted by Gasteiger charge is 2.33. The van der Waals surface area contributed by atoms with Gasteiger partial charge < -0.3 is 4.90 Å². The third-order valence-corrected chi connectivity index (χ3v) is 4.97. The quantitative estimate of drug-likeness (QED) is 0.891. The van der Waals surface area contributed by atoms with E-state index in [1.807, 2.05) is 24.3 Å². The Morgan fingerprint density at radius 3 is 2.40 bits per heavy atom. The number of hydrogen-bond acceptors (Lipinski definition) is 4. The van der Waals surface area contributed by atoms with Crippen LogP contribution in [0.1, 0.15) is 25.3 Å². The predicted octanol–water partition coefficient (Wildman–Crippen LogP) is 2.60. The summed E-state index contributed by atoms with van der Waals surface area (Å²) in [7, 11) is -3.75. The summed E-state index contributed by atoms with van der Waals surface area (Å²) in [5.74, 6) is -0.134. The van der Waals surface area contributed by atoms with Gasteiger partial charge in [-0.3, -0.25) is 4.79 Å². The molecule has 0 unspecified atom stereocenters. The highest BCUT2D eigenvalue weighted by molar-refractivity contribution is 7.89. The van der Waals surface area contributed by atoms with E-state index in [-0.39, 0.29) is 10.8 Å². The number of amides is 1. The van der Waals surface area contributed by atoms with Crippen LogP contribution in [0.3, 0.4) is 0 Å². The van der Waals surface area contributed by atoms with Crippen molar-refractivity contribution in [1.29, 1.82) is 0 Å². The molecule has 1 aliphatic heterocycles. The molecule has 0 saturated carbocycles. The summed E-state index contributed by atoms with van der Waals surface area (Å²) >= 11 is 0. The van der Waals surface area contributed by atoms with Crippen LogP contribution in [-0.2, 0) is 14.8 Å². The topological polar surface area (TPSA) is 92.8 Å². The lowest BCUT2D eigenvalue weighted by molar-refractivity contribution is -0.112. The summed E-state index contributed by atoms with van der Waals surface area (Å²) in [5.41, 5.74) is 2.53. The van der Waals surface area contributed by atoms with E-state index in [9.17, 15) is 13.2 Å². The minimum Gasteiger partial charge on any atom is -0.306 e. The van der Waals surface area contributed by atoms with Gasteiger partial charge in [-0.15, -0.1) is 0 Å². The number of fused-ring (bicyclic) bond motifs is 1. The largest absolute Gasteiger partial charge is 0.306 e. The van der Waals surface area contributed by atoms with Gasteiger partial charge in [0.1, 0.15) is 5.71 Å². The zero-order valence-corrected chi connectivity index (χ0v) is 14.7. The number of nitrogens with two attached hydrogens (primary N) is 1. The van der Waals surface area contributed by atoms with Crippen LogP contribution >= 0.6 is 0 Å². The number of hydrogen-bond donors (Lipinski definition) is 1. The van der Waals surface area contributed by atoms with Gasteiger partial charge in [-0.05, 0) is 36.8 Å². The summed E-state index contributed by atoms with van der Waals surface area (Å²) in [6, 6.07) is 13.4. The molecule has 0 radical (unpaired) electrons. The van der Waals surface area contributed by atoms with Gasteiger partial charge in [-0.25, -0.2) is 18.5 Å². The monoisotopic (exact) mass is 357 g/mol. The molecular weight excluding hydrogens is 338 g/mol. The Bertz CT molecular complexity index is 934. The molecule has 0 bridgehead atoms. The highest BCUT2D eigenvalue weighted by Crippen LogP contribution is 2.31. The number of unbranched alkanes of at least 4 members (excludes halogenated alkanes) is 1. The summed E-state index contributed by atoms with van der Waals surface area (Å²) in [6.07, 6.45) is 1.91. The van der Waals surface area contributed by atoms with Gasteiger partial charge in [-0.1, -0.05) is 31.5 Å². The smallest absolute Gasteiger partial charge is 0.277 e. The summed E-state index contributed by atoms with van der Waals surface area (Å²) < 4.78 is 22.7. The van der Waals surface area contributed by atoms with E-state index in [1.54, 1.807) is 4.90 Å². The first-order valence-electron chi connectivity index (χ1n) is 8.04. The van der Waals surface area contributed by atoms with Crippen molar-refractivity contribution in [2.45, 2.75) is 24.7 Å². The lowest BCUT2D eigenvalue weighted by Gasteiger charge is -2.15. The van der Waals surface area contributed by atoms with E-state index in [0.29, 0.717) is 17.9 Å². The minimum atomic E-state index is -3.75. The van der Waals surface area contributed by atoms with Crippen molar-refractivity contribution in [1.82, 2.24) is 0 Å². The fraction of sp³-hybridized carbons (Fsp3) is 0.222. The molecule has 0 aliphatic carbocycles. The summed E-state index contributed by atoms with van der Waals surface area (Å²) in [4.78, 5) is 19.0. The molecule has 0 fully saturated rings. The zero-order chi connectivity index (χ0) is 18.0. The first-order valence-corrected chi connectivity index (χ1v) is 9.59. The number of aliphatic imine (C=N–C) groups is 1. The minimum absolute atomic E-state index is 0.0131. The van der Waals surface area contributed by atoms with E-state index in [2.05, 4.69) is 11.9 Å². The van der Waals surface area contributed by atoms with Crippen molar-refractivity contribution in [3.63, 3.8) is 0 Å². The Hall–Kier alpha value is -2.51. The van der Waals surface area contributed by atoms with Crippen molar-refractivity contribution in [3.05, 3.63) is 54.1 Å². The Balaban J connectivity index is 1.99. The van der Waals surface area contributed by atoms with Gasteiger partial charge in [0.2, 0.25) is 10.0 Å². The predicted molar refractivity (Wildman–Crippen MR) is 97.7 cm³/mol. The molecule has 0 saturated heterocycles. The van der Waals surface area contributed by atoms with Crippen LogP contribution in [0.4, 0.5) is 11.4 Å². The zero-order valence-electron chi connectivity index (χ0n) is 13.8. The summed E-state index contributed by atoms with van der Waals surface area (Å²) in [5, 5.41) is 5.10. The molecule has 130 valence electrons. The maximum absolute atomic E-state index is 12.8. The number of carbonyl (C=O) groups excluding carboxylic acids is 1. The molecule has 2 aromatic carbocycles. The molecule has 2 aromatic rings. The second kappa shape index (κ2) is 6.78. The number of anilines is 1. The lowest BCUT2D eigenvalue weighted by Crippen LogP contribution is -2.30. The molecular formula is C18H19N3O3S. The van der Waals surface area contributed by atoms with Crippen molar-refractivity contribution >= 4 is 33.0 Å². The second-order valence-electron chi connectivity index (χ2n) is 5.83. The number of sulfonamides is 1. The fourth-order valence-electron chi connectivity index (χ4n) is 2.75. The van der Waals surface area contributed by atoms with E-state index in [4.69, 9.17) is 5.14 Å². The maximum atomic E-state index is 12.8. The number of rotatable bonds is 5. The molecule has 2 N–H and O–H groups in total. The molecule has 1 heterocycles. The first kappa shape index (κ1) is 17.3. The Kier molecular flexibility index (Phi) is 4.69. The number of benzene rings is 2. The number of para-hydroxylation sites is 1. The van der Waals surface area contributed by atoms with Crippen LogP contribution in [0.2, 0.25) is 0 Å². The molecule has 1 aliphatic rings. The van der Waals surface area contributed by atoms with Crippen molar-refractivity contribution in [2.24, 2.45) is 10.1 Å². The van der Waals surface area contributed by atoms with E-state index in [0.717, 1.165) is 24.1 Å². The summed E-state index contributed by atoms with van der Waals surface area (Å²) in [6.45, 7) is 2.73. The van der Waals surface area contributed by atoms with Crippen LogP contribution < -0.4 is 10.0 Å². The number of carbonyl (C=O) groups is 1. The van der Waals surface area contributed by atoms with Crippen LogP contribution in [0, 0.1) is 0 Å². The van der Waals surface area contributed by atoms with Crippen LogP contribution in [0.15, 0.2) is 58.4 Å². The normalized spacial score (nSPS) is 15.7. The van der Waals surface area contributed by atoms with Gasteiger partial charge in [0.25, 0.3) is 5.91 Å². The average molecular weight is 357 g/mol. The van der Waals surface area contributed by atoms with Gasteiger partial charge >= 0.3 is 0 Å². The molecule has 0 spiro atoms. The second-order valence-corrected chi connectivity index (χ2v) is 7.39. The van der Waals surface area contributed by atoms with E-state index < -0.39 is 10.0 Å². The molecule has 25 heavy (non-hydrogen) atoms. The molecule has 7 heteroatoms. The number of nitrogens with zero attached hydrogens (tertiary/aromatic N) is 2. The van der Waals surface area contributed by atoms with Gasteiger partial charge in [0, 0.05) is 12.1 Å². The Morgan fingerprint density at radius 1 is 1.08 bits per heavy atom. The number of primary sulfonamides is 1. The fourth-order valence-corrected chi connectivity index (χ4v) is 3.26. The SMILES string of the molecule is CCCCN1C(=O)C(=Nc2ccc(S(N)(=O)=O)cc2)c2ccccc21. The van der Waals surface area contributed by atoms with Gasteiger partial charge in [0.15, 0.2) is 0 Å². The van der Waals surface area contributed by atoms with Crippen LogP contribution in [0.5, 0.6) is 0 Å². The third kappa shape index (κ3) is 3.47. The van der Waals surface area contributed by atoms with Crippen molar-refractivity contribution in [3.8, 4) is 0 Å². The van der Waals surface area contributed by atoms with E-state index in [1.165, 1.54) is 24.3 Å².